The Balaban J connectivity index is 2.10. The molecule has 1 aromatic rings. The highest BCUT2D eigenvalue weighted by atomic mass is 35.6. The molecule has 0 bridgehead atoms. The third-order valence-corrected chi connectivity index (χ3v) is 5.56. The molecule has 1 aliphatic heterocycles. The zero-order valence-electron chi connectivity index (χ0n) is 14.5. The summed E-state index contributed by atoms with van der Waals surface area (Å²) in [7, 11) is 1.64. The Morgan fingerprint density at radius 1 is 1.37 bits per heavy atom. The Morgan fingerprint density at radius 2 is 2.00 bits per heavy atom. The van der Waals surface area contributed by atoms with E-state index >= 15 is 0 Å². The number of hydrogen-bond acceptors (Lipinski definition) is 5. The number of halogens is 3. The molecule has 2 amide bonds. The van der Waals surface area contributed by atoms with Crippen molar-refractivity contribution in [1.29, 1.82) is 0 Å². The predicted octanol–water partition coefficient (Wildman–Crippen LogP) is 4.51. The monoisotopic (exact) mass is 466 g/mol. The van der Waals surface area contributed by atoms with E-state index in [0.717, 1.165) is 5.56 Å². The van der Waals surface area contributed by atoms with E-state index in [4.69, 9.17) is 51.8 Å². The summed E-state index contributed by atoms with van der Waals surface area (Å²) in [5.41, 5.74) is 0.789. The SMILES string of the molecule is CCCC(=O)NC(Oc1ccc(C=C2SC(=S)N(C)C2=O)cc1)C(Cl)(Cl)Cl. The lowest BCUT2D eigenvalue weighted by Gasteiger charge is -2.26. The maximum absolute atomic E-state index is 12.0. The third-order valence-electron chi connectivity index (χ3n) is 3.48. The first kappa shape index (κ1) is 22.3. The molecule has 1 N–H and O–H groups in total. The molecular weight excluding hydrogens is 451 g/mol. The summed E-state index contributed by atoms with van der Waals surface area (Å²) in [6.45, 7) is 1.87. The van der Waals surface area contributed by atoms with Crippen molar-refractivity contribution in [3.05, 3.63) is 34.7 Å². The predicted molar refractivity (Wildman–Crippen MR) is 115 cm³/mol. The van der Waals surface area contributed by atoms with E-state index in [2.05, 4.69) is 5.32 Å². The molecule has 1 aliphatic rings. The molecular formula is C17H17Cl3N2O3S2. The van der Waals surface area contributed by atoms with Gasteiger partial charge >= 0.3 is 0 Å². The molecule has 5 nitrogen and oxygen atoms in total. The number of thiocarbonyl (C=S) groups is 1. The van der Waals surface area contributed by atoms with Crippen molar-refractivity contribution in [2.24, 2.45) is 0 Å². The second kappa shape index (κ2) is 9.47. The van der Waals surface area contributed by atoms with Crippen LogP contribution in [-0.4, -0.2) is 38.1 Å². The van der Waals surface area contributed by atoms with E-state index in [1.165, 1.54) is 16.7 Å². The number of ether oxygens (including phenoxy) is 1. The summed E-state index contributed by atoms with van der Waals surface area (Å²) in [4.78, 5) is 25.8. The van der Waals surface area contributed by atoms with Gasteiger partial charge in [-0.05, 0) is 30.2 Å². The van der Waals surface area contributed by atoms with Crippen LogP contribution in [0.3, 0.4) is 0 Å². The summed E-state index contributed by atoms with van der Waals surface area (Å²) in [5, 5.41) is 2.56. The molecule has 1 fully saturated rings. The number of benzene rings is 1. The summed E-state index contributed by atoms with van der Waals surface area (Å²) >= 11 is 24.1. The molecule has 146 valence electrons. The molecule has 1 heterocycles. The van der Waals surface area contributed by atoms with Crippen LogP contribution in [0, 0.1) is 0 Å². The molecule has 0 aromatic heterocycles. The lowest BCUT2D eigenvalue weighted by Crippen LogP contribution is -2.47. The van der Waals surface area contributed by atoms with Crippen LogP contribution < -0.4 is 10.1 Å². The average molecular weight is 468 g/mol. The van der Waals surface area contributed by atoms with E-state index < -0.39 is 10.0 Å². The fourth-order valence-corrected chi connectivity index (χ4v) is 3.58. The van der Waals surface area contributed by atoms with Gasteiger partial charge in [0, 0.05) is 13.5 Å². The zero-order chi connectivity index (χ0) is 20.2. The summed E-state index contributed by atoms with van der Waals surface area (Å²) < 4.78 is 4.30. The van der Waals surface area contributed by atoms with Crippen LogP contribution in [0.4, 0.5) is 0 Å². The van der Waals surface area contributed by atoms with Crippen molar-refractivity contribution in [1.82, 2.24) is 10.2 Å². The molecule has 2 rings (SSSR count). The Hall–Kier alpha value is -0.990. The molecule has 0 spiro atoms. The van der Waals surface area contributed by atoms with Gasteiger partial charge in [0.2, 0.25) is 15.9 Å². The molecule has 1 atom stereocenters. The molecule has 0 radical (unpaired) electrons. The summed E-state index contributed by atoms with van der Waals surface area (Å²) in [6, 6.07) is 6.82. The topological polar surface area (TPSA) is 58.6 Å². The van der Waals surface area contributed by atoms with E-state index in [0.29, 0.717) is 27.8 Å². The smallest absolute Gasteiger partial charge is 0.265 e. The van der Waals surface area contributed by atoms with Crippen molar-refractivity contribution in [2.75, 3.05) is 7.05 Å². The number of hydrogen-bond donors (Lipinski definition) is 1. The van der Waals surface area contributed by atoms with Crippen molar-refractivity contribution < 1.29 is 14.3 Å². The van der Waals surface area contributed by atoms with E-state index in [-0.39, 0.29) is 11.8 Å². The Morgan fingerprint density at radius 3 is 2.48 bits per heavy atom. The second-order valence-corrected chi connectivity index (χ2v) is 9.71. The van der Waals surface area contributed by atoms with Gasteiger partial charge in [-0.1, -0.05) is 77.8 Å². The van der Waals surface area contributed by atoms with E-state index in [1.54, 1.807) is 37.4 Å². The van der Waals surface area contributed by atoms with Crippen molar-refractivity contribution in [3.63, 3.8) is 0 Å². The van der Waals surface area contributed by atoms with Crippen LogP contribution in [0.15, 0.2) is 29.2 Å². The van der Waals surface area contributed by atoms with Crippen molar-refractivity contribution in [2.45, 2.75) is 29.8 Å². The normalized spacial score (nSPS) is 17.4. The first-order valence-electron chi connectivity index (χ1n) is 7.96. The van der Waals surface area contributed by atoms with Crippen LogP contribution >= 0.6 is 58.8 Å². The van der Waals surface area contributed by atoms with Crippen LogP contribution in [0.5, 0.6) is 5.75 Å². The quantitative estimate of drug-likeness (QED) is 0.289. The van der Waals surface area contributed by atoms with Gasteiger partial charge in [0.15, 0.2) is 0 Å². The van der Waals surface area contributed by atoms with Gasteiger partial charge in [0.1, 0.15) is 10.1 Å². The van der Waals surface area contributed by atoms with Crippen LogP contribution in [0.2, 0.25) is 0 Å². The number of carbonyl (C=O) groups excluding carboxylic acids is 2. The van der Waals surface area contributed by atoms with Crippen LogP contribution in [0.25, 0.3) is 6.08 Å². The van der Waals surface area contributed by atoms with Crippen molar-refractivity contribution >= 4 is 81.0 Å². The fraction of sp³-hybridized carbons (Fsp3) is 0.353. The first-order chi connectivity index (χ1) is 12.6. The Bertz CT molecular complexity index is 764. The minimum Gasteiger partial charge on any atom is -0.466 e. The molecule has 1 saturated heterocycles. The number of rotatable bonds is 6. The highest BCUT2D eigenvalue weighted by molar-refractivity contribution is 8.26. The van der Waals surface area contributed by atoms with Gasteiger partial charge in [-0.15, -0.1) is 0 Å². The van der Waals surface area contributed by atoms with Gasteiger partial charge in [-0.2, -0.15) is 0 Å². The van der Waals surface area contributed by atoms with Gasteiger partial charge in [0.25, 0.3) is 5.91 Å². The molecule has 1 aromatic carbocycles. The van der Waals surface area contributed by atoms with Gasteiger partial charge in [-0.25, -0.2) is 0 Å². The average Bonchev–Trinajstić information content (AvgIpc) is 2.82. The van der Waals surface area contributed by atoms with Crippen LogP contribution in [-0.2, 0) is 9.59 Å². The number of thioether (sulfide) groups is 1. The zero-order valence-corrected chi connectivity index (χ0v) is 18.4. The van der Waals surface area contributed by atoms with E-state index in [1.807, 2.05) is 6.92 Å². The maximum atomic E-state index is 12.0. The lowest BCUT2D eigenvalue weighted by atomic mass is 10.2. The minimum absolute atomic E-state index is 0.139. The molecule has 27 heavy (non-hydrogen) atoms. The largest absolute Gasteiger partial charge is 0.466 e. The first-order valence-corrected chi connectivity index (χ1v) is 10.3. The standard InChI is InChI=1S/C17H17Cl3N2O3S2/c1-3-4-13(23)21-15(17(18,19)20)25-11-7-5-10(6-8-11)9-12-14(24)22(2)16(26)27-12/h5-9,15H,3-4H2,1-2H3,(H,21,23). The number of carbonyl (C=O) groups is 2. The summed E-state index contributed by atoms with van der Waals surface area (Å²) in [6.07, 6.45) is 1.57. The number of nitrogens with one attached hydrogen (secondary N) is 1. The summed E-state index contributed by atoms with van der Waals surface area (Å²) in [5.74, 6) is -0.00409. The molecule has 0 saturated carbocycles. The Labute approximate surface area is 182 Å². The number of alkyl halides is 3. The van der Waals surface area contributed by atoms with Gasteiger partial charge < -0.3 is 10.1 Å². The second-order valence-electron chi connectivity index (χ2n) is 5.67. The number of nitrogens with zero attached hydrogens (tertiary/aromatic N) is 1. The highest BCUT2D eigenvalue weighted by Crippen LogP contribution is 2.33. The minimum atomic E-state index is -1.84. The van der Waals surface area contributed by atoms with Gasteiger partial charge in [0.05, 0.1) is 4.91 Å². The fourth-order valence-electron chi connectivity index (χ4n) is 2.10. The Kier molecular flexibility index (Phi) is 7.83. The highest BCUT2D eigenvalue weighted by Gasteiger charge is 2.36. The van der Waals surface area contributed by atoms with E-state index in [9.17, 15) is 9.59 Å². The molecule has 1 unspecified atom stereocenters. The van der Waals surface area contributed by atoms with Crippen molar-refractivity contribution in [3.8, 4) is 5.75 Å². The lowest BCUT2D eigenvalue weighted by molar-refractivity contribution is -0.123. The third kappa shape index (κ3) is 6.26. The molecule has 0 aliphatic carbocycles. The molecule has 10 heteroatoms. The van der Waals surface area contributed by atoms with Gasteiger partial charge in [-0.3, -0.25) is 14.5 Å². The maximum Gasteiger partial charge on any atom is 0.265 e. The number of amides is 2. The number of likely N-dealkylation sites (N-methyl/N-ethyl adjacent to an activating group) is 1. The van der Waals surface area contributed by atoms with Crippen LogP contribution in [0.1, 0.15) is 25.3 Å².